The van der Waals surface area contributed by atoms with E-state index >= 15 is 0 Å². The minimum absolute atomic E-state index is 0.212. The Morgan fingerprint density at radius 2 is 1.96 bits per heavy atom. The molecule has 0 unspecified atom stereocenters. The van der Waals surface area contributed by atoms with Crippen LogP contribution in [0.4, 0.5) is 10.5 Å². The summed E-state index contributed by atoms with van der Waals surface area (Å²) in [7, 11) is 0. The molecule has 0 saturated carbocycles. The van der Waals surface area contributed by atoms with Crippen LogP contribution in [0.3, 0.4) is 0 Å². The van der Waals surface area contributed by atoms with Gasteiger partial charge in [0.25, 0.3) is 0 Å². The molecule has 1 aromatic carbocycles. The highest BCUT2D eigenvalue weighted by Crippen LogP contribution is 2.25. The van der Waals surface area contributed by atoms with E-state index in [-0.39, 0.29) is 6.03 Å². The summed E-state index contributed by atoms with van der Waals surface area (Å²) in [6, 6.07) is 8.60. The second-order valence-electron chi connectivity index (χ2n) is 6.45. The fourth-order valence-corrected chi connectivity index (χ4v) is 3.17. The number of hydrogen-bond donors (Lipinski definition) is 1. The van der Waals surface area contributed by atoms with Crippen LogP contribution in [0, 0.1) is 6.92 Å². The lowest BCUT2D eigenvalue weighted by molar-refractivity contribution is 0.0347. The summed E-state index contributed by atoms with van der Waals surface area (Å²) in [5.41, 5.74) is 0.599. The van der Waals surface area contributed by atoms with Crippen LogP contribution in [0.15, 0.2) is 34.7 Å². The molecule has 1 aliphatic rings. The highest BCUT2D eigenvalue weighted by atomic mass is 35.5. The van der Waals surface area contributed by atoms with Gasteiger partial charge in [-0.2, -0.15) is 0 Å². The third kappa shape index (κ3) is 5.87. The SMILES string of the molecule is Cc1ccc(CN(CCN2CCOCC2)C(=O)Nc2ccc(Cl)c(Cl)c2)o1. The maximum Gasteiger partial charge on any atom is 0.322 e. The van der Waals surface area contributed by atoms with Crippen molar-refractivity contribution in [2.24, 2.45) is 0 Å². The molecule has 1 N–H and O–H groups in total. The van der Waals surface area contributed by atoms with E-state index in [9.17, 15) is 4.79 Å². The summed E-state index contributed by atoms with van der Waals surface area (Å²) in [6.45, 7) is 6.84. The van der Waals surface area contributed by atoms with Crippen molar-refractivity contribution in [2.75, 3.05) is 44.7 Å². The molecule has 1 fully saturated rings. The number of nitrogens with one attached hydrogen (secondary N) is 1. The Morgan fingerprint density at radius 3 is 2.63 bits per heavy atom. The molecule has 8 heteroatoms. The third-order valence-electron chi connectivity index (χ3n) is 4.39. The Morgan fingerprint density at radius 1 is 1.19 bits per heavy atom. The Labute approximate surface area is 169 Å². The predicted octanol–water partition coefficient (Wildman–Crippen LogP) is 4.26. The van der Waals surface area contributed by atoms with Gasteiger partial charge < -0.3 is 19.4 Å². The lowest BCUT2D eigenvalue weighted by atomic mass is 10.3. The van der Waals surface area contributed by atoms with Crippen molar-refractivity contribution in [2.45, 2.75) is 13.5 Å². The number of ether oxygens (including phenoxy) is 1. The number of aryl methyl sites for hydroxylation is 1. The second kappa shape index (κ2) is 9.46. The summed E-state index contributed by atoms with van der Waals surface area (Å²) in [5.74, 6) is 1.57. The van der Waals surface area contributed by atoms with E-state index < -0.39 is 0 Å². The number of carbonyl (C=O) groups is 1. The summed E-state index contributed by atoms with van der Waals surface area (Å²) in [5, 5.41) is 3.73. The zero-order chi connectivity index (χ0) is 19.2. The van der Waals surface area contributed by atoms with Crippen LogP contribution in [0.5, 0.6) is 0 Å². The average Bonchev–Trinajstić information content (AvgIpc) is 3.07. The normalized spacial score (nSPS) is 14.9. The number of morpholine rings is 1. The van der Waals surface area contributed by atoms with Gasteiger partial charge >= 0.3 is 6.03 Å². The molecule has 0 spiro atoms. The van der Waals surface area contributed by atoms with Crippen molar-refractivity contribution in [3.05, 3.63) is 51.9 Å². The number of urea groups is 1. The zero-order valence-electron chi connectivity index (χ0n) is 15.2. The minimum atomic E-state index is -0.212. The van der Waals surface area contributed by atoms with Gasteiger partial charge in [-0.3, -0.25) is 4.90 Å². The van der Waals surface area contributed by atoms with Gasteiger partial charge in [0.15, 0.2) is 0 Å². The fourth-order valence-electron chi connectivity index (χ4n) is 2.87. The number of benzene rings is 1. The molecule has 0 bridgehead atoms. The number of furan rings is 1. The molecule has 2 aromatic rings. The first-order valence-electron chi connectivity index (χ1n) is 8.87. The fraction of sp³-hybridized carbons (Fsp3) is 0.421. The quantitative estimate of drug-likeness (QED) is 0.771. The highest BCUT2D eigenvalue weighted by molar-refractivity contribution is 6.42. The van der Waals surface area contributed by atoms with E-state index in [0.717, 1.165) is 44.4 Å². The second-order valence-corrected chi connectivity index (χ2v) is 7.26. The van der Waals surface area contributed by atoms with E-state index in [1.807, 2.05) is 19.1 Å². The Bertz CT molecular complexity index is 775. The maximum absolute atomic E-state index is 12.8. The molecule has 1 aromatic heterocycles. The van der Waals surface area contributed by atoms with Crippen LogP contribution < -0.4 is 5.32 Å². The van der Waals surface area contributed by atoms with Crippen LogP contribution in [0.25, 0.3) is 0 Å². The van der Waals surface area contributed by atoms with Crippen LogP contribution >= 0.6 is 23.2 Å². The van der Waals surface area contributed by atoms with Crippen LogP contribution in [-0.4, -0.2) is 55.2 Å². The number of carbonyl (C=O) groups excluding carboxylic acids is 1. The molecule has 6 nitrogen and oxygen atoms in total. The van der Waals surface area contributed by atoms with Crippen molar-refractivity contribution in [3.8, 4) is 0 Å². The molecule has 2 amide bonds. The van der Waals surface area contributed by atoms with E-state index in [1.165, 1.54) is 0 Å². The van der Waals surface area contributed by atoms with Crippen LogP contribution in [-0.2, 0) is 11.3 Å². The number of rotatable bonds is 6. The van der Waals surface area contributed by atoms with Crippen molar-refractivity contribution < 1.29 is 13.9 Å². The van der Waals surface area contributed by atoms with Gasteiger partial charge in [-0.15, -0.1) is 0 Å². The topological polar surface area (TPSA) is 58.0 Å². The lowest BCUT2D eigenvalue weighted by Crippen LogP contribution is -2.44. The summed E-state index contributed by atoms with van der Waals surface area (Å²) < 4.78 is 11.0. The van der Waals surface area contributed by atoms with Crippen molar-refractivity contribution in [3.63, 3.8) is 0 Å². The molecule has 3 rings (SSSR count). The first-order chi connectivity index (χ1) is 13.0. The van der Waals surface area contributed by atoms with Gasteiger partial charge in [0.2, 0.25) is 0 Å². The zero-order valence-corrected chi connectivity index (χ0v) is 16.7. The van der Waals surface area contributed by atoms with E-state index in [0.29, 0.717) is 28.8 Å². The molecule has 0 radical (unpaired) electrons. The van der Waals surface area contributed by atoms with Crippen LogP contribution in [0.1, 0.15) is 11.5 Å². The molecule has 2 heterocycles. The van der Waals surface area contributed by atoms with Crippen molar-refractivity contribution >= 4 is 34.9 Å². The molecular weight excluding hydrogens is 389 g/mol. The molecule has 1 aliphatic heterocycles. The predicted molar refractivity (Wildman–Crippen MR) is 107 cm³/mol. The summed E-state index contributed by atoms with van der Waals surface area (Å²) >= 11 is 12.0. The molecule has 0 atom stereocenters. The Hall–Kier alpha value is -1.73. The lowest BCUT2D eigenvalue weighted by Gasteiger charge is -2.30. The van der Waals surface area contributed by atoms with Crippen molar-refractivity contribution in [1.29, 1.82) is 0 Å². The number of nitrogens with zero attached hydrogens (tertiary/aromatic N) is 2. The van der Waals surface area contributed by atoms with Gasteiger partial charge in [0.05, 0.1) is 29.8 Å². The smallest absolute Gasteiger partial charge is 0.322 e. The monoisotopic (exact) mass is 411 g/mol. The molecule has 1 saturated heterocycles. The molecular formula is C19H23Cl2N3O3. The minimum Gasteiger partial charge on any atom is -0.464 e. The van der Waals surface area contributed by atoms with Crippen molar-refractivity contribution in [1.82, 2.24) is 9.80 Å². The van der Waals surface area contributed by atoms with Gasteiger partial charge in [0.1, 0.15) is 11.5 Å². The number of hydrogen-bond acceptors (Lipinski definition) is 4. The molecule has 27 heavy (non-hydrogen) atoms. The molecule has 0 aliphatic carbocycles. The first-order valence-corrected chi connectivity index (χ1v) is 9.63. The summed E-state index contributed by atoms with van der Waals surface area (Å²) in [6.07, 6.45) is 0. The maximum atomic E-state index is 12.8. The Balaban J connectivity index is 1.66. The van der Waals surface area contributed by atoms with E-state index in [4.69, 9.17) is 32.4 Å². The van der Waals surface area contributed by atoms with E-state index in [2.05, 4.69) is 10.2 Å². The number of amides is 2. The standard InChI is InChI=1S/C19H23Cl2N3O3/c1-14-2-4-16(27-14)13-24(7-6-23-8-10-26-11-9-23)19(25)22-15-3-5-17(20)18(21)12-15/h2-5,12H,6-11,13H2,1H3,(H,22,25). The summed E-state index contributed by atoms with van der Waals surface area (Å²) in [4.78, 5) is 16.9. The number of halogens is 2. The highest BCUT2D eigenvalue weighted by Gasteiger charge is 2.19. The largest absolute Gasteiger partial charge is 0.464 e. The van der Waals surface area contributed by atoms with E-state index in [1.54, 1.807) is 23.1 Å². The van der Waals surface area contributed by atoms with Gasteiger partial charge in [-0.1, -0.05) is 23.2 Å². The first kappa shape index (κ1) is 20.0. The third-order valence-corrected chi connectivity index (χ3v) is 5.13. The van der Waals surface area contributed by atoms with Crippen LogP contribution in [0.2, 0.25) is 10.0 Å². The number of anilines is 1. The van der Waals surface area contributed by atoms with Gasteiger partial charge in [-0.05, 0) is 37.3 Å². The molecule has 146 valence electrons. The van der Waals surface area contributed by atoms with Gasteiger partial charge in [-0.25, -0.2) is 4.79 Å². The average molecular weight is 412 g/mol. The Kier molecular flexibility index (Phi) is 7.01. The van der Waals surface area contributed by atoms with Gasteiger partial charge in [0, 0.05) is 31.9 Å².